The Morgan fingerprint density at radius 2 is 1.92 bits per heavy atom. The fourth-order valence-corrected chi connectivity index (χ4v) is 2.16. The maximum Gasteiger partial charge on any atom is 0.163 e. The van der Waals surface area contributed by atoms with E-state index >= 15 is 0 Å². The zero-order chi connectivity index (χ0) is 9.64. The lowest BCUT2D eigenvalue weighted by atomic mass is 9.86. The molecule has 1 heterocycles. The summed E-state index contributed by atoms with van der Waals surface area (Å²) in [4.78, 5) is 11.4. The normalized spacial score (nSPS) is 43.3. The monoisotopic (exact) mass is 184 g/mol. The van der Waals surface area contributed by atoms with Gasteiger partial charge >= 0.3 is 0 Å². The molecule has 0 spiro atoms. The van der Waals surface area contributed by atoms with Gasteiger partial charge in [0.2, 0.25) is 0 Å². The average molecular weight is 184 g/mol. The Hall–Kier alpha value is -0.410. The van der Waals surface area contributed by atoms with E-state index in [4.69, 9.17) is 9.47 Å². The first kappa shape index (κ1) is 9.16. The number of hydrogen-bond acceptors (Lipinski definition) is 3. The SMILES string of the molecule is C[C@H]1C[C@@H]2OC(C)(C)O[C@@H]2CC1=O. The summed E-state index contributed by atoms with van der Waals surface area (Å²) in [6.07, 6.45) is 1.46. The van der Waals surface area contributed by atoms with Crippen molar-refractivity contribution < 1.29 is 14.3 Å². The van der Waals surface area contributed by atoms with Crippen molar-refractivity contribution >= 4 is 5.78 Å². The highest BCUT2D eigenvalue weighted by molar-refractivity contribution is 5.82. The second-order valence-corrected chi connectivity index (χ2v) is 4.52. The lowest BCUT2D eigenvalue weighted by Crippen LogP contribution is -2.36. The van der Waals surface area contributed by atoms with Crippen LogP contribution < -0.4 is 0 Å². The second kappa shape index (κ2) is 2.79. The van der Waals surface area contributed by atoms with Crippen molar-refractivity contribution in [2.75, 3.05) is 0 Å². The molecule has 0 radical (unpaired) electrons. The maximum atomic E-state index is 11.4. The van der Waals surface area contributed by atoms with E-state index in [2.05, 4.69) is 0 Å². The standard InChI is InChI=1S/C10H16O3/c1-6-4-8-9(5-7(6)11)13-10(2,3)12-8/h6,8-9H,4-5H2,1-3H3/t6-,8-,9+/m0/s1. The van der Waals surface area contributed by atoms with Crippen molar-refractivity contribution in [3.05, 3.63) is 0 Å². The minimum absolute atomic E-state index is 0.00120. The number of carbonyl (C=O) groups is 1. The third kappa shape index (κ3) is 1.63. The summed E-state index contributed by atoms with van der Waals surface area (Å²) >= 11 is 0. The molecule has 13 heavy (non-hydrogen) atoms. The zero-order valence-electron chi connectivity index (χ0n) is 8.37. The van der Waals surface area contributed by atoms with Gasteiger partial charge in [-0.2, -0.15) is 0 Å². The molecule has 1 aliphatic heterocycles. The largest absolute Gasteiger partial charge is 0.345 e. The Labute approximate surface area is 78.4 Å². The highest BCUT2D eigenvalue weighted by Gasteiger charge is 2.46. The summed E-state index contributed by atoms with van der Waals surface area (Å²) in [5, 5.41) is 0. The van der Waals surface area contributed by atoms with Gasteiger partial charge in [0.25, 0.3) is 0 Å². The summed E-state index contributed by atoms with van der Waals surface area (Å²) < 4.78 is 11.3. The molecular weight excluding hydrogens is 168 g/mol. The van der Waals surface area contributed by atoms with Crippen molar-refractivity contribution in [2.24, 2.45) is 5.92 Å². The highest BCUT2D eigenvalue weighted by atomic mass is 16.7. The van der Waals surface area contributed by atoms with Gasteiger partial charge in [0.1, 0.15) is 5.78 Å². The molecule has 74 valence electrons. The summed E-state index contributed by atoms with van der Waals surface area (Å²) in [5.74, 6) is -0.0547. The molecule has 0 N–H and O–H groups in total. The Balaban J connectivity index is 2.10. The molecule has 0 bridgehead atoms. The zero-order valence-corrected chi connectivity index (χ0v) is 8.37. The highest BCUT2D eigenvalue weighted by Crippen LogP contribution is 2.37. The van der Waals surface area contributed by atoms with E-state index in [-0.39, 0.29) is 18.1 Å². The summed E-state index contributed by atoms with van der Waals surface area (Å²) in [5.41, 5.74) is 0. The van der Waals surface area contributed by atoms with Crippen LogP contribution in [0.4, 0.5) is 0 Å². The van der Waals surface area contributed by atoms with Crippen LogP contribution in [0, 0.1) is 5.92 Å². The first-order valence-corrected chi connectivity index (χ1v) is 4.86. The van der Waals surface area contributed by atoms with E-state index in [0.717, 1.165) is 6.42 Å². The topological polar surface area (TPSA) is 35.5 Å². The Morgan fingerprint density at radius 1 is 1.31 bits per heavy atom. The number of rotatable bonds is 0. The third-order valence-corrected chi connectivity index (χ3v) is 2.82. The van der Waals surface area contributed by atoms with Gasteiger partial charge in [-0.25, -0.2) is 0 Å². The van der Waals surface area contributed by atoms with Gasteiger partial charge in [0.05, 0.1) is 12.2 Å². The van der Waals surface area contributed by atoms with Crippen LogP contribution in [0.5, 0.6) is 0 Å². The molecule has 0 aromatic rings. The molecule has 1 aliphatic carbocycles. The Morgan fingerprint density at radius 3 is 2.62 bits per heavy atom. The van der Waals surface area contributed by atoms with Crippen LogP contribution in [0.15, 0.2) is 0 Å². The van der Waals surface area contributed by atoms with Gasteiger partial charge < -0.3 is 9.47 Å². The molecule has 0 unspecified atom stereocenters. The number of hydrogen-bond donors (Lipinski definition) is 0. The fourth-order valence-electron chi connectivity index (χ4n) is 2.16. The van der Waals surface area contributed by atoms with Crippen LogP contribution in [0.1, 0.15) is 33.6 Å². The summed E-state index contributed by atoms with van der Waals surface area (Å²) in [6, 6.07) is 0. The first-order valence-electron chi connectivity index (χ1n) is 4.86. The Bertz CT molecular complexity index is 234. The number of fused-ring (bicyclic) bond motifs is 1. The van der Waals surface area contributed by atoms with Crippen molar-refractivity contribution in [2.45, 2.75) is 51.6 Å². The first-order chi connectivity index (χ1) is 5.98. The van der Waals surface area contributed by atoms with Crippen molar-refractivity contribution in [3.8, 4) is 0 Å². The molecule has 2 fully saturated rings. The molecule has 2 rings (SSSR count). The summed E-state index contributed by atoms with van der Waals surface area (Å²) in [7, 11) is 0. The van der Waals surface area contributed by atoms with E-state index in [9.17, 15) is 4.79 Å². The predicted octanol–water partition coefficient (Wildman–Crippen LogP) is 1.51. The van der Waals surface area contributed by atoms with Gasteiger partial charge in [0.15, 0.2) is 5.79 Å². The van der Waals surface area contributed by atoms with Gasteiger partial charge in [-0.15, -0.1) is 0 Å². The van der Waals surface area contributed by atoms with E-state index < -0.39 is 5.79 Å². The van der Waals surface area contributed by atoms with Gasteiger partial charge in [-0.05, 0) is 20.3 Å². The van der Waals surface area contributed by atoms with Crippen molar-refractivity contribution in [1.29, 1.82) is 0 Å². The molecule has 0 aromatic heterocycles. The van der Waals surface area contributed by atoms with Crippen molar-refractivity contribution in [3.63, 3.8) is 0 Å². The van der Waals surface area contributed by atoms with Crippen LogP contribution in [-0.2, 0) is 14.3 Å². The van der Waals surface area contributed by atoms with Gasteiger partial charge in [-0.3, -0.25) is 4.79 Å². The van der Waals surface area contributed by atoms with E-state index in [0.29, 0.717) is 12.2 Å². The third-order valence-electron chi connectivity index (χ3n) is 2.82. The van der Waals surface area contributed by atoms with Gasteiger partial charge in [-0.1, -0.05) is 6.92 Å². The van der Waals surface area contributed by atoms with Crippen LogP contribution in [0.2, 0.25) is 0 Å². The van der Waals surface area contributed by atoms with E-state index in [1.165, 1.54) is 0 Å². The second-order valence-electron chi connectivity index (χ2n) is 4.52. The average Bonchev–Trinajstić information content (AvgIpc) is 2.24. The number of Topliss-reactive ketones (excluding diaryl/α,β-unsaturated/α-hetero) is 1. The molecular formula is C10H16O3. The number of ketones is 1. The van der Waals surface area contributed by atoms with Crippen LogP contribution in [0.25, 0.3) is 0 Å². The molecule has 1 saturated heterocycles. The lowest BCUT2D eigenvalue weighted by Gasteiger charge is -2.25. The van der Waals surface area contributed by atoms with Crippen LogP contribution in [0.3, 0.4) is 0 Å². The molecule has 0 amide bonds. The molecule has 3 heteroatoms. The summed E-state index contributed by atoms with van der Waals surface area (Å²) in [6.45, 7) is 5.77. The fraction of sp³-hybridized carbons (Fsp3) is 0.900. The predicted molar refractivity (Wildman–Crippen MR) is 47.2 cm³/mol. The molecule has 1 saturated carbocycles. The van der Waals surface area contributed by atoms with Crippen LogP contribution >= 0.6 is 0 Å². The minimum atomic E-state index is -0.500. The lowest BCUT2D eigenvalue weighted by molar-refractivity contribution is -0.146. The quantitative estimate of drug-likeness (QED) is 0.572. The molecule has 3 nitrogen and oxygen atoms in total. The molecule has 2 aliphatic rings. The number of ether oxygens (including phenoxy) is 2. The van der Waals surface area contributed by atoms with E-state index in [1.54, 1.807) is 0 Å². The maximum absolute atomic E-state index is 11.4. The van der Waals surface area contributed by atoms with Crippen LogP contribution in [-0.4, -0.2) is 23.8 Å². The van der Waals surface area contributed by atoms with E-state index in [1.807, 2.05) is 20.8 Å². The van der Waals surface area contributed by atoms with Gasteiger partial charge in [0, 0.05) is 12.3 Å². The van der Waals surface area contributed by atoms with Crippen molar-refractivity contribution in [1.82, 2.24) is 0 Å². The molecule has 0 aromatic carbocycles. The number of carbonyl (C=O) groups excluding carboxylic acids is 1. The Kier molecular flexibility index (Phi) is 1.96. The minimum Gasteiger partial charge on any atom is -0.345 e. The smallest absolute Gasteiger partial charge is 0.163 e. The molecule has 3 atom stereocenters.